The summed E-state index contributed by atoms with van der Waals surface area (Å²) in [6.45, 7) is -0.164. The van der Waals surface area contributed by atoms with Crippen molar-refractivity contribution in [1.82, 2.24) is 0 Å². The Kier molecular flexibility index (Phi) is 3.24. The summed E-state index contributed by atoms with van der Waals surface area (Å²) in [6, 6.07) is 6.98. The molecule has 1 nitrogen and oxygen atoms in total. The Morgan fingerprint density at radius 3 is 2.69 bits per heavy atom. The molecule has 1 aliphatic rings. The summed E-state index contributed by atoms with van der Waals surface area (Å²) in [5.41, 5.74) is 1.25. The van der Waals surface area contributed by atoms with Gasteiger partial charge >= 0.3 is 0 Å². The number of alkyl halides is 2. The summed E-state index contributed by atoms with van der Waals surface area (Å²) in [5.74, 6) is -3.34. The molecule has 0 aliphatic heterocycles. The van der Waals surface area contributed by atoms with Crippen LogP contribution in [0.4, 0.5) is 8.78 Å². The van der Waals surface area contributed by atoms with Crippen LogP contribution in [0.2, 0.25) is 0 Å². The second kappa shape index (κ2) is 4.50. The van der Waals surface area contributed by atoms with E-state index in [1.807, 2.05) is 0 Å². The Morgan fingerprint density at radius 1 is 1.25 bits per heavy atom. The lowest BCUT2D eigenvalue weighted by atomic mass is 9.79. The molecule has 0 bridgehead atoms. The van der Waals surface area contributed by atoms with Crippen LogP contribution in [0.15, 0.2) is 24.3 Å². The Morgan fingerprint density at radius 2 is 2.00 bits per heavy atom. The minimum absolute atomic E-state index is 0.0303. The highest BCUT2D eigenvalue weighted by Crippen LogP contribution is 2.45. The fraction of sp³-hybridized carbons (Fsp3) is 0.538. The van der Waals surface area contributed by atoms with Crippen molar-refractivity contribution in [2.24, 2.45) is 0 Å². The van der Waals surface area contributed by atoms with Crippen molar-refractivity contribution >= 4 is 0 Å². The van der Waals surface area contributed by atoms with Crippen LogP contribution in [0.5, 0.6) is 0 Å². The molecule has 1 aliphatic carbocycles. The first-order chi connectivity index (χ1) is 7.65. The third-order valence-electron chi connectivity index (χ3n) is 3.36. The van der Waals surface area contributed by atoms with Gasteiger partial charge in [0.15, 0.2) is 0 Å². The van der Waals surface area contributed by atoms with E-state index in [-0.39, 0.29) is 13.0 Å². The monoisotopic (exact) mass is 226 g/mol. The normalized spacial score (nSPS) is 24.3. The van der Waals surface area contributed by atoms with Gasteiger partial charge in [0, 0.05) is 12.3 Å². The van der Waals surface area contributed by atoms with Gasteiger partial charge in [-0.3, -0.25) is 0 Å². The Hall–Kier alpha value is -0.960. The van der Waals surface area contributed by atoms with E-state index in [1.165, 1.54) is 0 Å². The molecule has 0 radical (unpaired) electrons. The molecule has 1 saturated carbocycles. The molecule has 3 heteroatoms. The Labute approximate surface area is 94.1 Å². The summed E-state index contributed by atoms with van der Waals surface area (Å²) < 4.78 is 27.6. The van der Waals surface area contributed by atoms with Crippen LogP contribution in [0, 0.1) is 0 Å². The summed E-state index contributed by atoms with van der Waals surface area (Å²) in [5, 5.41) is 9.17. The Bertz CT molecular complexity index is 363. The Balaban J connectivity index is 2.34. The maximum absolute atomic E-state index is 13.8. The van der Waals surface area contributed by atoms with Gasteiger partial charge in [0.1, 0.15) is 0 Å². The van der Waals surface area contributed by atoms with Crippen molar-refractivity contribution in [2.75, 3.05) is 0 Å². The van der Waals surface area contributed by atoms with Crippen molar-refractivity contribution in [3.63, 3.8) is 0 Å². The standard InChI is InChI=1S/C13H16F2O/c14-13(15)8-4-3-7-12(13)11-6-2-1-5-10(11)9-16/h1-2,5-6,12,16H,3-4,7-9H2. The number of rotatable bonds is 2. The predicted octanol–water partition coefficient (Wildman–Crippen LogP) is 3.47. The molecule has 2 rings (SSSR count). The van der Waals surface area contributed by atoms with Gasteiger partial charge < -0.3 is 5.11 Å². The van der Waals surface area contributed by atoms with E-state index in [2.05, 4.69) is 0 Å². The highest BCUT2D eigenvalue weighted by molar-refractivity contribution is 5.31. The topological polar surface area (TPSA) is 20.2 Å². The van der Waals surface area contributed by atoms with Crippen molar-refractivity contribution < 1.29 is 13.9 Å². The largest absolute Gasteiger partial charge is 0.392 e. The summed E-state index contributed by atoms with van der Waals surface area (Å²) in [4.78, 5) is 0. The van der Waals surface area contributed by atoms with E-state index in [9.17, 15) is 13.9 Å². The summed E-state index contributed by atoms with van der Waals surface area (Å²) in [6.07, 6.45) is 1.94. The van der Waals surface area contributed by atoms with Crippen molar-refractivity contribution in [1.29, 1.82) is 0 Å². The van der Waals surface area contributed by atoms with Crippen LogP contribution in [0.3, 0.4) is 0 Å². The van der Waals surface area contributed by atoms with Crippen LogP contribution in [0.1, 0.15) is 42.7 Å². The predicted molar refractivity (Wildman–Crippen MR) is 58.5 cm³/mol. The first-order valence-electron chi connectivity index (χ1n) is 5.71. The minimum atomic E-state index is -2.62. The van der Waals surface area contributed by atoms with Crippen molar-refractivity contribution in [3.05, 3.63) is 35.4 Å². The number of aliphatic hydroxyl groups is 1. The lowest BCUT2D eigenvalue weighted by molar-refractivity contribution is -0.0551. The van der Waals surface area contributed by atoms with Crippen LogP contribution in [-0.4, -0.2) is 11.0 Å². The molecule has 1 unspecified atom stereocenters. The SMILES string of the molecule is OCc1ccccc1C1CCCCC1(F)F. The average Bonchev–Trinajstić information content (AvgIpc) is 2.28. The van der Waals surface area contributed by atoms with Gasteiger partial charge in [0.2, 0.25) is 0 Å². The fourth-order valence-electron chi connectivity index (χ4n) is 2.50. The summed E-state index contributed by atoms with van der Waals surface area (Å²) >= 11 is 0. The number of hydrogen-bond acceptors (Lipinski definition) is 1. The zero-order valence-electron chi connectivity index (χ0n) is 9.13. The summed E-state index contributed by atoms with van der Waals surface area (Å²) in [7, 11) is 0. The molecule has 88 valence electrons. The molecule has 0 spiro atoms. The van der Waals surface area contributed by atoms with Gasteiger partial charge in [-0.1, -0.05) is 30.7 Å². The van der Waals surface area contributed by atoms with E-state index in [1.54, 1.807) is 24.3 Å². The van der Waals surface area contributed by atoms with Crippen LogP contribution in [0.25, 0.3) is 0 Å². The lowest BCUT2D eigenvalue weighted by Gasteiger charge is -2.32. The quantitative estimate of drug-likeness (QED) is 0.818. The molecule has 16 heavy (non-hydrogen) atoms. The molecule has 1 aromatic carbocycles. The van der Waals surface area contributed by atoms with Gasteiger partial charge in [-0.15, -0.1) is 0 Å². The molecule has 1 atom stereocenters. The zero-order valence-corrected chi connectivity index (χ0v) is 9.13. The van der Waals surface area contributed by atoms with E-state index >= 15 is 0 Å². The fourth-order valence-corrected chi connectivity index (χ4v) is 2.50. The van der Waals surface area contributed by atoms with Crippen LogP contribution in [-0.2, 0) is 6.61 Å². The van der Waals surface area contributed by atoms with Gasteiger partial charge in [-0.05, 0) is 24.0 Å². The lowest BCUT2D eigenvalue weighted by Crippen LogP contribution is -2.30. The average molecular weight is 226 g/mol. The molecular formula is C13H16F2O. The number of halogens is 2. The van der Waals surface area contributed by atoms with Gasteiger partial charge in [-0.25, -0.2) is 8.78 Å². The van der Waals surface area contributed by atoms with E-state index in [0.29, 0.717) is 24.0 Å². The van der Waals surface area contributed by atoms with Crippen molar-refractivity contribution in [2.45, 2.75) is 44.1 Å². The third kappa shape index (κ3) is 2.09. The maximum Gasteiger partial charge on any atom is 0.254 e. The number of hydrogen-bond donors (Lipinski definition) is 1. The third-order valence-corrected chi connectivity index (χ3v) is 3.36. The van der Waals surface area contributed by atoms with Gasteiger partial charge in [0.05, 0.1) is 6.61 Å². The second-order valence-corrected chi connectivity index (χ2v) is 4.42. The molecule has 1 fully saturated rings. The number of aliphatic hydroxyl groups excluding tert-OH is 1. The highest BCUT2D eigenvalue weighted by Gasteiger charge is 2.42. The molecular weight excluding hydrogens is 210 g/mol. The minimum Gasteiger partial charge on any atom is -0.392 e. The zero-order chi connectivity index (χ0) is 11.6. The maximum atomic E-state index is 13.8. The molecule has 1 N–H and O–H groups in total. The molecule has 0 aromatic heterocycles. The molecule has 0 saturated heterocycles. The van der Waals surface area contributed by atoms with E-state index in [4.69, 9.17) is 0 Å². The van der Waals surface area contributed by atoms with E-state index < -0.39 is 11.8 Å². The van der Waals surface area contributed by atoms with Crippen LogP contribution < -0.4 is 0 Å². The molecule has 1 aromatic rings. The molecule has 0 heterocycles. The van der Waals surface area contributed by atoms with Gasteiger partial charge in [0.25, 0.3) is 5.92 Å². The van der Waals surface area contributed by atoms with Crippen LogP contribution >= 0.6 is 0 Å². The van der Waals surface area contributed by atoms with Crippen molar-refractivity contribution in [3.8, 4) is 0 Å². The smallest absolute Gasteiger partial charge is 0.254 e. The highest BCUT2D eigenvalue weighted by atomic mass is 19.3. The molecule has 0 amide bonds. The van der Waals surface area contributed by atoms with E-state index in [0.717, 1.165) is 6.42 Å². The van der Waals surface area contributed by atoms with Gasteiger partial charge in [-0.2, -0.15) is 0 Å². The number of benzene rings is 1. The first-order valence-corrected chi connectivity index (χ1v) is 5.71. The first kappa shape index (κ1) is 11.5. The second-order valence-electron chi connectivity index (χ2n) is 4.42.